The van der Waals surface area contributed by atoms with Crippen LogP contribution in [0.3, 0.4) is 0 Å². The lowest BCUT2D eigenvalue weighted by Crippen LogP contribution is -2.51. The fraction of sp³-hybridized carbons (Fsp3) is 0.880. The van der Waals surface area contributed by atoms with Crippen LogP contribution in [0, 0.1) is 40.4 Å². The molecule has 0 aromatic rings. The third-order valence-corrected chi connectivity index (χ3v) is 9.92. The lowest BCUT2D eigenvalue weighted by molar-refractivity contribution is -0.141. The van der Waals surface area contributed by atoms with Crippen molar-refractivity contribution in [2.45, 2.75) is 91.1 Å². The van der Waals surface area contributed by atoms with Crippen LogP contribution in [0.1, 0.15) is 85.0 Å². The van der Waals surface area contributed by atoms with Gasteiger partial charge in [-0.05, 0) is 97.4 Å². The molecule has 0 saturated heterocycles. The van der Waals surface area contributed by atoms with Crippen molar-refractivity contribution in [2.24, 2.45) is 40.4 Å². The average Bonchev–Trinajstić information content (AvgIpc) is 3.05. The highest BCUT2D eigenvalue weighted by molar-refractivity contribution is 5.69. The van der Waals surface area contributed by atoms with Crippen LogP contribution in [0.5, 0.6) is 0 Å². The Morgan fingerprint density at radius 3 is 2.66 bits per heavy atom. The highest BCUT2D eigenvalue weighted by Gasteiger charge is 2.60. The van der Waals surface area contributed by atoms with E-state index in [0.29, 0.717) is 48.9 Å². The van der Waals surface area contributed by atoms with E-state index < -0.39 is 0 Å². The molecule has 29 heavy (non-hydrogen) atoms. The summed E-state index contributed by atoms with van der Waals surface area (Å²) in [5.74, 6) is 2.69. The Labute approximate surface area is 175 Å². The second-order valence-electron chi connectivity index (χ2n) is 11.1. The zero-order chi connectivity index (χ0) is 21.0. The molecule has 3 fully saturated rings. The monoisotopic (exact) mass is 406 g/mol. The number of carbonyl (C=O) groups is 1. The van der Waals surface area contributed by atoms with E-state index >= 15 is 4.39 Å². The van der Waals surface area contributed by atoms with Gasteiger partial charge in [-0.2, -0.15) is 0 Å². The first-order valence-corrected chi connectivity index (χ1v) is 11.8. The summed E-state index contributed by atoms with van der Waals surface area (Å²) in [7, 11) is 1.46. The molecule has 0 amide bonds. The molecule has 0 aromatic carbocycles. The Balaban J connectivity index is 1.55. The SMILES string of the molecule is COC(=O)CCC(C)C1CCC2C3CC(F)=C4CC(O)CCC4(C)C3CCC12C. The van der Waals surface area contributed by atoms with Gasteiger partial charge in [0.15, 0.2) is 0 Å². The minimum absolute atomic E-state index is 0.0534. The zero-order valence-corrected chi connectivity index (χ0v) is 18.7. The van der Waals surface area contributed by atoms with Gasteiger partial charge in [-0.15, -0.1) is 0 Å². The van der Waals surface area contributed by atoms with Crippen molar-refractivity contribution >= 4 is 5.97 Å². The molecule has 8 atom stereocenters. The summed E-state index contributed by atoms with van der Waals surface area (Å²) in [4.78, 5) is 11.6. The number of methoxy groups -OCH3 is 1. The molecule has 4 heteroatoms. The molecule has 3 nitrogen and oxygen atoms in total. The number of carbonyl (C=O) groups excluding carboxylic acids is 1. The standard InChI is InChI=1S/C25H39FO3/c1-15(5-8-23(28)29-4)18-6-7-19-17-14-22(26)21-13-16(27)9-11-25(21,3)20(17)10-12-24(18,19)2/h15-20,27H,5-14H2,1-4H3. The van der Waals surface area contributed by atoms with E-state index in [4.69, 9.17) is 4.74 Å². The second-order valence-corrected chi connectivity index (χ2v) is 11.1. The lowest BCUT2D eigenvalue weighted by atomic mass is 9.46. The molecular weight excluding hydrogens is 367 g/mol. The topological polar surface area (TPSA) is 46.5 Å². The molecule has 0 aromatic heterocycles. The lowest BCUT2D eigenvalue weighted by Gasteiger charge is -2.58. The molecule has 164 valence electrons. The quantitative estimate of drug-likeness (QED) is 0.599. The van der Waals surface area contributed by atoms with Crippen molar-refractivity contribution < 1.29 is 19.0 Å². The maximum Gasteiger partial charge on any atom is 0.305 e. The summed E-state index contributed by atoms with van der Waals surface area (Å²) in [6, 6.07) is 0. The molecule has 0 heterocycles. The number of ether oxygens (including phenoxy) is 1. The van der Waals surface area contributed by atoms with Crippen LogP contribution in [0.2, 0.25) is 0 Å². The highest BCUT2D eigenvalue weighted by Crippen LogP contribution is 2.68. The normalized spacial score (nSPS) is 45.2. The van der Waals surface area contributed by atoms with E-state index in [1.807, 2.05) is 0 Å². The summed E-state index contributed by atoms with van der Waals surface area (Å²) >= 11 is 0. The molecule has 8 unspecified atom stereocenters. The number of fused-ring (bicyclic) bond motifs is 5. The Morgan fingerprint density at radius 2 is 1.93 bits per heavy atom. The predicted octanol–water partition coefficient (Wildman–Crippen LogP) is 5.81. The summed E-state index contributed by atoms with van der Waals surface area (Å²) in [5.41, 5.74) is 1.16. The minimum atomic E-state index is -0.360. The number of aliphatic hydroxyl groups excluding tert-OH is 1. The van der Waals surface area contributed by atoms with Gasteiger partial charge in [0.25, 0.3) is 0 Å². The van der Waals surface area contributed by atoms with Crippen LogP contribution >= 0.6 is 0 Å². The van der Waals surface area contributed by atoms with Gasteiger partial charge in [0.05, 0.1) is 13.2 Å². The van der Waals surface area contributed by atoms with Crippen molar-refractivity contribution in [1.29, 1.82) is 0 Å². The van der Waals surface area contributed by atoms with Gasteiger partial charge in [0.2, 0.25) is 0 Å². The minimum Gasteiger partial charge on any atom is -0.469 e. The number of hydrogen-bond donors (Lipinski definition) is 1. The number of aliphatic hydroxyl groups is 1. The van der Waals surface area contributed by atoms with Gasteiger partial charge in [0, 0.05) is 12.8 Å². The van der Waals surface area contributed by atoms with Gasteiger partial charge in [0.1, 0.15) is 5.83 Å². The van der Waals surface area contributed by atoms with Gasteiger partial charge in [-0.1, -0.05) is 20.8 Å². The molecule has 4 aliphatic rings. The van der Waals surface area contributed by atoms with Crippen LogP contribution in [0.4, 0.5) is 4.39 Å². The Morgan fingerprint density at radius 1 is 1.17 bits per heavy atom. The number of hydrogen-bond acceptors (Lipinski definition) is 3. The summed E-state index contributed by atoms with van der Waals surface area (Å²) < 4.78 is 20.2. The van der Waals surface area contributed by atoms with Crippen molar-refractivity contribution in [2.75, 3.05) is 7.11 Å². The molecule has 1 N–H and O–H groups in total. The first kappa shape index (κ1) is 21.3. The van der Waals surface area contributed by atoms with Crippen LogP contribution in [-0.2, 0) is 9.53 Å². The van der Waals surface area contributed by atoms with Gasteiger partial charge < -0.3 is 9.84 Å². The van der Waals surface area contributed by atoms with Gasteiger partial charge in [-0.25, -0.2) is 4.39 Å². The largest absolute Gasteiger partial charge is 0.469 e. The van der Waals surface area contributed by atoms with Crippen LogP contribution in [0.25, 0.3) is 0 Å². The van der Waals surface area contributed by atoms with E-state index in [2.05, 4.69) is 20.8 Å². The molecule has 4 aliphatic carbocycles. The van der Waals surface area contributed by atoms with Gasteiger partial charge in [-0.3, -0.25) is 4.79 Å². The van der Waals surface area contributed by atoms with Crippen molar-refractivity contribution in [3.05, 3.63) is 11.4 Å². The Hall–Kier alpha value is -0.900. The smallest absolute Gasteiger partial charge is 0.305 e. The fourth-order valence-corrected chi connectivity index (χ4v) is 8.34. The average molecular weight is 407 g/mol. The van der Waals surface area contributed by atoms with Crippen molar-refractivity contribution in [1.82, 2.24) is 0 Å². The predicted molar refractivity (Wildman–Crippen MR) is 112 cm³/mol. The molecule has 0 radical (unpaired) electrons. The summed E-state index contributed by atoms with van der Waals surface area (Å²) in [6.07, 6.45) is 8.72. The number of halogens is 1. The van der Waals surface area contributed by atoms with E-state index in [1.54, 1.807) is 0 Å². The van der Waals surface area contributed by atoms with Crippen molar-refractivity contribution in [3.63, 3.8) is 0 Å². The Kier molecular flexibility index (Phi) is 5.63. The molecule has 3 saturated carbocycles. The number of allylic oxidation sites excluding steroid dienone is 1. The molecule has 0 aliphatic heterocycles. The number of rotatable bonds is 4. The zero-order valence-electron chi connectivity index (χ0n) is 18.7. The maximum atomic E-state index is 15.3. The maximum absolute atomic E-state index is 15.3. The van der Waals surface area contributed by atoms with Crippen molar-refractivity contribution in [3.8, 4) is 0 Å². The van der Waals surface area contributed by atoms with Gasteiger partial charge >= 0.3 is 5.97 Å². The van der Waals surface area contributed by atoms with E-state index in [9.17, 15) is 9.90 Å². The van der Waals surface area contributed by atoms with E-state index in [-0.39, 0.29) is 28.7 Å². The summed E-state index contributed by atoms with van der Waals surface area (Å²) in [5, 5.41) is 10.1. The Bertz CT molecular complexity index is 688. The first-order chi connectivity index (χ1) is 13.7. The molecule has 0 bridgehead atoms. The fourth-order valence-electron chi connectivity index (χ4n) is 8.34. The summed E-state index contributed by atoms with van der Waals surface area (Å²) in [6.45, 7) is 7.06. The third-order valence-electron chi connectivity index (χ3n) is 9.92. The number of esters is 1. The second kappa shape index (κ2) is 7.66. The molecule has 4 rings (SSSR count). The third kappa shape index (κ3) is 3.38. The molecular formula is C25H39FO3. The van der Waals surface area contributed by atoms with Crippen LogP contribution < -0.4 is 0 Å². The highest BCUT2D eigenvalue weighted by atomic mass is 19.1. The van der Waals surface area contributed by atoms with Crippen LogP contribution in [0.15, 0.2) is 11.4 Å². The van der Waals surface area contributed by atoms with E-state index in [1.165, 1.54) is 32.8 Å². The van der Waals surface area contributed by atoms with E-state index in [0.717, 1.165) is 24.8 Å². The van der Waals surface area contributed by atoms with Crippen LogP contribution in [-0.4, -0.2) is 24.3 Å². The first-order valence-electron chi connectivity index (χ1n) is 11.8. The molecule has 0 spiro atoms.